The molecule has 0 fully saturated rings. The molecule has 3 amide bonds. The molecule has 0 bridgehead atoms. The molecule has 2 heterocycles. The predicted octanol–water partition coefficient (Wildman–Crippen LogP) is 1.57. The van der Waals surface area contributed by atoms with Gasteiger partial charge in [-0.2, -0.15) is 0 Å². The molecule has 1 atom stereocenters. The fourth-order valence-corrected chi connectivity index (χ4v) is 3.37. The first-order chi connectivity index (χ1) is 12.9. The van der Waals surface area contributed by atoms with E-state index in [1.807, 2.05) is 38.1 Å². The van der Waals surface area contributed by atoms with Gasteiger partial charge in [-0.3, -0.25) is 14.4 Å². The van der Waals surface area contributed by atoms with Crippen molar-refractivity contribution in [2.75, 3.05) is 6.54 Å². The molecule has 0 spiro atoms. The summed E-state index contributed by atoms with van der Waals surface area (Å²) in [7, 11) is 0. The van der Waals surface area contributed by atoms with Gasteiger partial charge in [0.1, 0.15) is 6.04 Å². The van der Waals surface area contributed by atoms with Crippen LogP contribution in [-0.4, -0.2) is 46.1 Å². The van der Waals surface area contributed by atoms with Crippen LogP contribution in [0, 0.1) is 0 Å². The predicted molar refractivity (Wildman–Crippen MR) is 98.6 cm³/mol. The summed E-state index contributed by atoms with van der Waals surface area (Å²) in [6.07, 6.45) is 1.80. The number of nitrogens with zero attached hydrogens (tertiary/aromatic N) is 2. The molecule has 7 heteroatoms. The van der Waals surface area contributed by atoms with E-state index in [9.17, 15) is 14.4 Å². The van der Waals surface area contributed by atoms with E-state index in [0.717, 1.165) is 11.1 Å². The second kappa shape index (κ2) is 7.65. The number of furan rings is 1. The van der Waals surface area contributed by atoms with Crippen LogP contribution in [-0.2, 0) is 22.6 Å². The average molecular weight is 369 g/mol. The summed E-state index contributed by atoms with van der Waals surface area (Å²) in [5.41, 5.74) is 7.33. The van der Waals surface area contributed by atoms with Crippen molar-refractivity contribution < 1.29 is 18.8 Å². The number of hydrogen-bond acceptors (Lipinski definition) is 4. The highest BCUT2D eigenvalue weighted by molar-refractivity contribution is 5.96. The number of nitrogens with two attached hydrogens (primary N) is 1. The lowest BCUT2D eigenvalue weighted by Gasteiger charge is -2.39. The second-order valence-corrected chi connectivity index (χ2v) is 6.93. The molecular formula is C20H23N3O4. The van der Waals surface area contributed by atoms with Crippen LogP contribution in [0.25, 0.3) is 0 Å². The highest BCUT2D eigenvalue weighted by atomic mass is 16.3. The summed E-state index contributed by atoms with van der Waals surface area (Å²) in [6, 6.07) is 9.99. The number of rotatable bonds is 5. The normalized spacial score (nSPS) is 16.1. The Hall–Kier alpha value is -3.09. The summed E-state index contributed by atoms with van der Waals surface area (Å²) in [6.45, 7) is 3.75. The number of fused-ring (bicyclic) bond motifs is 1. The number of benzene rings is 1. The summed E-state index contributed by atoms with van der Waals surface area (Å²) in [5, 5.41) is 0. The van der Waals surface area contributed by atoms with Crippen molar-refractivity contribution in [3.63, 3.8) is 0 Å². The highest BCUT2D eigenvalue weighted by Crippen LogP contribution is 2.26. The SMILES string of the molecule is CC(C)N(CC(N)=O)C(=O)C1Cc2ccccc2CN1C(=O)c1ccco1. The van der Waals surface area contributed by atoms with Gasteiger partial charge >= 0.3 is 0 Å². The van der Waals surface area contributed by atoms with Crippen LogP contribution in [0.1, 0.15) is 35.5 Å². The molecule has 2 N–H and O–H groups in total. The zero-order valence-corrected chi connectivity index (χ0v) is 15.4. The van der Waals surface area contributed by atoms with Crippen LogP contribution in [0.3, 0.4) is 0 Å². The Morgan fingerprint density at radius 1 is 1.19 bits per heavy atom. The molecule has 3 rings (SSSR count). The van der Waals surface area contributed by atoms with Gasteiger partial charge in [0.25, 0.3) is 5.91 Å². The molecule has 0 saturated carbocycles. The van der Waals surface area contributed by atoms with Gasteiger partial charge in [-0.15, -0.1) is 0 Å². The van der Waals surface area contributed by atoms with Gasteiger partial charge < -0.3 is 20.0 Å². The minimum absolute atomic E-state index is 0.179. The topological polar surface area (TPSA) is 96.9 Å². The van der Waals surface area contributed by atoms with Gasteiger partial charge in [-0.05, 0) is 37.1 Å². The summed E-state index contributed by atoms with van der Waals surface area (Å²) < 4.78 is 5.25. The number of amides is 3. The lowest BCUT2D eigenvalue weighted by Crippen LogP contribution is -2.56. The molecule has 7 nitrogen and oxygen atoms in total. The standard InChI is InChI=1S/C20H23N3O4/c1-13(2)22(12-18(21)24)19(25)16-10-14-6-3-4-7-15(14)11-23(16)20(26)17-8-5-9-27-17/h3-9,13,16H,10-12H2,1-2H3,(H2,21,24). The third-order valence-corrected chi connectivity index (χ3v) is 4.76. The van der Waals surface area contributed by atoms with Gasteiger partial charge in [0.05, 0.1) is 12.8 Å². The molecule has 1 aromatic carbocycles. The van der Waals surface area contributed by atoms with Crippen LogP contribution in [0.2, 0.25) is 0 Å². The van der Waals surface area contributed by atoms with Crippen LogP contribution >= 0.6 is 0 Å². The maximum atomic E-state index is 13.3. The second-order valence-electron chi connectivity index (χ2n) is 6.93. The van der Waals surface area contributed by atoms with E-state index in [4.69, 9.17) is 10.2 Å². The molecule has 1 aliphatic rings. The minimum atomic E-state index is -0.723. The van der Waals surface area contributed by atoms with Gasteiger partial charge in [0.15, 0.2) is 5.76 Å². The Labute approximate surface area is 157 Å². The average Bonchev–Trinajstić information content (AvgIpc) is 3.18. The number of carbonyl (C=O) groups excluding carboxylic acids is 3. The first kappa shape index (κ1) is 18.7. The van der Waals surface area contributed by atoms with E-state index in [1.165, 1.54) is 16.1 Å². The van der Waals surface area contributed by atoms with Crippen molar-refractivity contribution in [1.82, 2.24) is 9.80 Å². The van der Waals surface area contributed by atoms with Crippen LogP contribution < -0.4 is 5.73 Å². The summed E-state index contributed by atoms with van der Waals surface area (Å²) in [5.74, 6) is -1.05. The van der Waals surface area contributed by atoms with E-state index in [0.29, 0.717) is 13.0 Å². The largest absolute Gasteiger partial charge is 0.459 e. The highest BCUT2D eigenvalue weighted by Gasteiger charge is 2.38. The smallest absolute Gasteiger partial charge is 0.290 e. The fourth-order valence-electron chi connectivity index (χ4n) is 3.37. The maximum absolute atomic E-state index is 13.3. The Balaban J connectivity index is 1.96. The molecule has 142 valence electrons. The van der Waals surface area contributed by atoms with E-state index in [1.54, 1.807) is 12.1 Å². The first-order valence-electron chi connectivity index (χ1n) is 8.88. The lowest BCUT2D eigenvalue weighted by molar-refractivity contribution is -0.141. The lowest BCUT2D eigenvalue weighted by atomic mass is 9.92. The molecule has 0 saturated heterocycles. The van der Waals surface area contributed by atoms with Crippen LogP contribution in [0.5, 0.6) is 0 Å². The number of carbonyl (C=O) groups is 3. The van der Waals surface area contributed by atoms with Crippen molar-refractivity contribution in [3.05, 3.63) is 59.5 Å². The van der Waals surface area contributed by atoms with Gasteiger partial charge in [0, 0.05) is 19.0 Å². The Morgan fingerprint density at radius 3 is 2.48 bits per heavy atom. The number of hydrogen-bond donors (Lipinski definition) is 1. The molecule has 1 unspecified atom stereocenters. The van der Waals surface area contributed by atoms with Crippen molar-refractivity contribution in [2.45, 2.75) is 38.9 Å². The van der Waals surface area contributed by atoms with Gasteiger partial charge in [-0.25, -0.2) is 0 Å². The van der Waals surface area contributed by atoms with E-state index >= 15 is 0 Å². The third-order valence-electron chi connectivity index (χ3n) is 4.76. The van der Waals surface area contributed by atoms with Crippen molar-refractivity contribution in [1.29, 1.82) is 0 Å². The molecule has 1 aromatic heterocycles. The van der Waals surface area contributed by atoms with Gasteiger partial charge in [0.2, 0.25) is 11.8 Å². The Bertz CT molecular complexity index is 845. The maximum Gasteiger partial charge on any atom is 0.290 e. The van der Waals surface area contributed by atoms with Crippen molar-refractivity contribution >= 4 is 17.7 Å². The molecule has 2 aromatic rings. The molecule has 0 radical (unpaired) electrons. The summed E-state index contributed by atoms with van der Waals surface area (Å²) >= 11 is 0. The summed E-state index contributed by atoms with van der Waals surface area (Å²) in [4.78, 5) is 40.6. The molecule has 0 aliphatic carbocycles. The quantitative estimate of drug-likeness (QED) is 0.865. The molecule has 1 aliphatic heterocycles. The van der Waals surface area contributed by atoms with Crippen molar-refractivity contribution in [2.24, 2.45) is 5.73 Å². The third kappa shape index (κ3) is 3.86. The van der Waals surface area contributed by atoms with E-state index in [-0.39, 0.29) is 30.2 Å². The molecule has 27 heavy (non-hydrogen) atoms. The zero-order valence-electron chi connectivity index (χ0n) is 15.4. The molecular weight excluding hydrogens is 346 g/mol. The van der Waals surface area contributed by atoms with Crippen LogP contribution in [0.15, 0.2) is 47.1 Å². The van der Waals surface area contributed by atoms with Crippen molar-refractivity contribution in [3.8, 4) is 0 Å². The fraction of sp³-hybridized carbons (Fsp3) is 0.350. The number of primary amides is 1. The monoisotopic (exact) mass is 369 g/mol. The Morgan fingerprint density at radius 2 is 1.89 bits per heavy atom. The zero-order chi connectivity index (χ0) is 19.6. The van der Waals surface area contributed by atoms with Gasteiger partial charge in [-0.1, -0.05) is 24.3 Å². The van der Waals surface area contributed by atoms with E-state index < -0.39 is 11.9 Å². The first-order valence-corrected chi connectivity index (χ1v) is 8.88. The Kier molecular flexibility index (Phi) is 5.30. The van der Waals surface area contributed by atoms with Crippen LogP contribution in [0.4, 0.5) is 0 Å². The minimum Gasteiger partial charge on any atom is -0.459 e. The van der Waals surface area contributed by atoms with E-state index in [2.05, 4.69) is 0 Å².